The molecule has 31 heavy (non-hydrogen) atoms. The predicted molar refractivity (Wildman–Crippen MR) is 120 cm³/mol. The Kier molecular flexibility index (Phi) is 5.73. The summed E-state index contributed by atoms with van der Waals surface area (Å²) in [5.74, 6) is 0.381. The number of anilines is 1. The first kappa shape index (κ1) is 21.0. The SMILES string of the molecule is COc1cccc(-c2nc3c(C)cc(N4CCN(C)CC4)cc3[nH]2)c1OC(C)C(=O)O. The van der Waals surface area contributed by atoms with Gasteiger partial charge in [-0.05, 0) is 50.7 Å². The van der Waals surface area contributed by atoms with Crippen LogP contribution < -0.4 is 14.4 Å². The Balaban J connectivity index is 1.75. The van der Waals surface area contributed by atoms with E-state index in [1.54, 1.807) is 6.07 Å². The van der Waals surface area contributed by atoms with Crippen molar-refractivity contribution in [3.8, 4) is 22.9 Å². The number of H-pyrrole nitrogens is 1. The second-order valence-electron chi connectivity index (χ2n) is 7.97. The lowest BCUT2D eigenvalue weighted by atomic mass is 10.1. The maximum absolute atomic E-state index is 11.3. The van der Waals surface area contributed by atoms with E-state index < -0.39 is 12.1 Å². The molecule has 0 radical (unpaired) electrons. The zero-order valence-corrected chi connectivity index (χ0v) is 18.3. The number of carboxylic acid groups (broad SMARTS) is 1. The normalized spacial score (nSPS) is 15.8. The summed E-state index contributed by atoms with van der Waals surface area (Å²) < 4.78 is 11.2. The highest BCUT2D eigenvalue weighted by molar-refractivity contribution is 5.87. The number of aromatic nitrogens is 2. The molecular formula is C23H28N4O4. The number of benzene rings is 2. The number of likely N-dealkylation sites (N-methyl/N-ethyl adjacent to an activating group) is 1. The second kappa shape index (κ2) is 8.47. The number of aromatic amines is 1. The van der Waals surface area contributed by atoms with E-state index in [-0.39, 0.29) is 0 Å². The molecule has 8 nitrogen and oxygen atoms in total. The van der Waals surface area contributed by atoms with Gasteiger partial charge in [-0.3, -0.25) is 0 Å². The fraction of sp³-hybridized carbons (Fsp3) is 0.391. The van der Waals surface area contributed by atoms with Gasteiger partial charge in [0.15, 0.2) is 17.6 Å². The van der Waals surface area contributed by atoms with Gasteiger partial charge in [0.25, 0.3) is 0 Å². The van der Waals surface area contributed by atoms with E-state index in [4.69, 9.17) is 14.5 Å². The topological polar surface area (TPSA) is 90.9 Å². The molecule has 1 aliphatic heterocycles. The molecule has 0 amide bonds. The minimum atomic E-state index is -1.05. The van der Waals surface area contributed by atoms with Crippen molar-refractivity contribution < 1.29 is 19.4 Å². The Bertz CT molecular complexity index is 1100. The van der Waals surface area contributed by atoms with Gasteiger partial charge in [-0.25, -0.2) is 9.78 Å². The van der Waals surface area contributed by atoms with Crippen molar-refractivity contribution in [1.82, 2.24) is 14.9 Å². The highest BCUT2D eigenvalue weighted by Gasteiger charge is 2.22. The molecule has 2 aromatic carbocycles. The van der Waals surface area contributed by atoms with Crippen molar-refractivity contribution in [3.05, 3.63) is 35.9 Å². The van der Waals surface area contributed by atoms with Gasteiger partial charge in [-0.2, -0.15) is 0 Å². The molecule has 1 unspecified atom stereocenters. The first-order valence-corrected chi connectivity index (χ1v) is 10.4. The predicted octanol–water partition coefficient (Wildman–Crippen LogP) is 3.15. The maximum Gasteiger partial charge on any atom is 0.344 e. The summed E-state index contributed by atoms with van der Waals surface area (Å²) in [7, 11) is 3.68. The van der Waals surface area contributed by atoms with Crippen LogP contribution in [0.5, 0.6) is 11.5 Å². The number of hydrogen-bond donors (Lipinski definition) is 2. The lowest BCUT2D eigenvalue weighted by Gasteiger charge is -2.34. The molecule has 3 aromatic rings. The van der Waals surface area contributed by atoms with Crippen LogP contribution in [0.4, 0.5) is 5.69 Å². The lowest BCUT2D eigenvalue weighted by molar-refractivity contribution is -0.144. The molecule has 1 aliphatic rings. The number of carbonyl (C=O) groups is 1. The van der Waals surface area contributed by atoms with Gasteiger partial charge in [0.1, 0.15) is 5.82 Å². The zero-order chi connectivity index (χ0) is 22.1. The van der Waals surface area contributed by atoms with Crippen molar-refractivity contribution in [2.75, 3.05) is 45.2 Å². The number of nitrogens with zero attached hydrogens (tertiary/aromatic N) is 3. The number of aliphatic carboxylic acids is 1. The van der Waals surface area contributed by atoms with Crippen LogP contribution in [-0.4, -0.2) is 72.4 Å². The van der Waals surface area contributed by atoms with Gasteiger partial charge >= 0.3 is 5.97 Å². The van der Waals surface area contributed by atoms with Gasteiger partial charge in [0.05, 0.1) is 23.7 Å². The largest absolute Gasteiger partial charge is 0.493 e. The van der Waals surface area contributed by atoms with E-state index in [1.807, 2.05) is 12.1 Å². The van der Waals surface area contributed by atoms with Crippen LogP contribution in [0.15, 0.2) is 30.3 Å². The van der Waals surface area contributed by atoms with Crippen LogP contribution in [0.2, 0.25) is 0 Å². The lowest BCUT2D eigenvalue weighted by Crippen LogP contribution is -2.44. The van der Waals surface area contributed by atoms with Crippen LogP contribution in [0.3, 0.4) is 0 Å². The van der Waals surface area contributed by atoms with Crippen molar-refractivity contribution in [1.29, 1.82) is 0 Å². The molecule has 4 rings (SSSR count). The maximum atomic E-state index is 11.3. The van der Waals surface area contributed by atoms with Crippen molar-refractivity contribution in [3.63, 3.8) is 0 Å². The fourth-order valence-electron chi connectivity index (χ4n) is 3.86. The minimum absolute atomic E-state index is 0.357. The van der Waals surface area contributed by atoms with E-state index >= 15 is 0 Å². The molecule has 0 saturated carbocycles. The number of fused-ring (bicyclic) bond motifs is 1. The van der Waals surface area contributed by atoms with E-state index in [0.29, 0.717) is 22.9 Å². The molecule has 0 bridgehead atoms. The summed E-state index contributed by atoms with van der Waals surface area (Å²) in [6.45, 7) is 7.60. The highest BCUT2D eigenvalue weighted by Crippen LogP contribution is 2.39. The number of carboxylic acids is 1. The Morgan fingerprint density at radius 1 is 1.23 bits per heavy atom. The van der Waals surface area contributed by atoms with Crippen molar-refractivity contribution in [2.24, 2.45) is 0 Å². The number of piperazine rings is 1. The van der Waals surface area contributed by atoms with Crippen LogP contribution >= 0.6 is 0 Å². The molecule has 1 saturated heterocycles. The molecular weight excluding hydrogens is 396 g/mol. The quantitative estimate of drug-likeness (QED) is 0.628. The standard InChI is InChI=1S/C23H28N4O4/c1-14-12-16(27-10-8-26(3)9-11-27)13-18-20(14)25-22(24-18)17-6-5-7-19(30-4)21(17)31-15(2)23(28)29/h5-7,12-13,15H,8-11H2,1-4H3,(H,24,25)(H,28,29). The number of hydrogen-bond acceptors (Lipinski definition) is 6. The number of para-hydroxylation sites is 1. The molecule has 0 spiro atoms. The van der Waals surface area contributed by atoms with Crippen LogP contribution in [0, 0.1) is 6.92 Å². The summed E-state index contributed by atoms with van der Waals surface area (Å²) in [6, 6.07) is 9.73. The van der Waals surface area contributed by atoms with Gasteiger partial charge in [-0.15, -0.1) is 0 Å². The third-order valence-electron chi connectivity index (χ3n) is 5.73. The first-order valence-electron chi connectivity index (χ1n) is 10.4. The van der Waals surface area contributed by atoms with Gasteiger partial charge in [0, 0.05) is 31.9 Å². The van der Waals surface area contributed by atoms with Crippen molar-refractivity contribution >= 4 is 22.7 Å². The number of rotatable bonds is 6. The summed E-state index contributed by atoms with van der Waals surface area (Å²) in [4.78, 5) is 24.3. The fourth-order valence-corrected chi connectivity index (χ4v) is 3.86. The molecule has 1 fully saturated rings. The van der Waals surface area contributed by atoms with Crippen LogP contribution in [-0.2, 0) is 4.79 Å². The molecule has 2 heterocycles. The minimum Gasteiger partial charge on any atom is -0.493 e. The Morgan fingerprint density at radius 2 is 1.97 bits per heavy atom. The molecule has 8 heteroatoms. The molecule has 1 aromatic heterocycles. The number of methoxy groups -OCH3 is 1. The van der Waals surface area contributed by atoms with E-state index in [1.165, 1.54) is 19.7 Å². The summed E-state index contributed by atoms with van der Waals surface area (Å²) >= 11 is 0. The Hall–Kier alpha value is -3.26. The van der Waals surface area contributed by atoms with Crippen LogP contribution in [0.1, 0.15) is 12.5 Å². The Morgan fingerprint density at radius 3 is 2.65 bits per heavy atom. The smallest absolute Gasteiger partial charge is 0.344 e. The first-order chi connectivity index (χ1) is 14.9. The average Bonchev–Trinajstić information content (AvgIpc) is 3.19. The summed E-state index contributed by atoms with van der Waals surface area (Å²) in [5, 5.41) is 9.29. The zero-order valence-electron chi connectivity index (χ0n) is 18.3. The van der Waals surface area contributed by atoms with Crippen LogP contribution in [0.25, 0.3) is 22.4 Å². The monoisotopic (exact) mass is 424 g/mol. The van der Waals surface area contributed by atoms with Gasteiger partial charge in [-0.1, -0.05) is 6.07 Å². The van der Waals surface area contributed by atoms with E-state index in [2.05, 4.69) is 40.9 Å². The number of aryl methyl sites for hydroxylation is 1. The van der Waals surface area contributed by atoms with E-state index in [9.17, 15) is 9.90 Å². The molecule has 2 N–H and O–H groups in total. The summed E-state index contributed by atoms with van der Waals surface area (Å²) in [6.07, 6.45) is -1.02. The Labute approximate surface area is 181 Å². The number of ether oxygens (including phenoxy) is 2. The third-order valence-corrected chi connectivity index (χ3v) is 5.73. The van der Waals surface area contributed by atoms with E-state index in [0.717, 1.165) is 42.8 Å². The molecule has 1 atom stereocenters. The highest BCUT2D eigenvalue weighted by atomic mass is 16.5. The van der Waals surface area contributed by atoms with Gasteiger partial charge < -0.3 is 29.4 Å². The average molecular weight is 425 g/mol. The number of imidazole rings is 1. The third kappa shape index (κ3) is 4.16. The summed E-state index contributed by atoms with van der Waals surface area (Å²) in [5.41, 5.74) is 4.73. The molecule has 164 valence electrons. The molecule has 0 aliphatic carbocycles. The van der Waals surface area contributed by atoms with Crippen molar-refractivity contribution in [2.45, 2.75) is 20.0 Å². The number of nitrogens with one attached hydrogen (secondary N) is 1. The second-order valence-corrected chi connectivity index (χ2v) is 7.97. The van der Waals surface area contributed by atoms with Gasteiger partial charge in [0.2, 0.25) is 0 Å².